The summed E-state index contributed by atoms with van der Waals surface area (Å²) in [5.74, 6) is -0.212. The van der Waals surface area contributed by atoms with Crippen LogP contribution in [0.25, 0.3) is 0 Å². The monoisotopic (exact) mass is 295 g/mol. The average Bonchev–Trinajstić information content (AvgIpc) is 2.54. The van der Waals surface area contributed by atoms with Gasteiger partial charge in [-0.1, -0.05) is 12.1 Å². The van der Waals surface area contributed by atoms with E-state index in [9.17, 15) is 14.9 Å². The van der Waals surface area contributed by atoms with Crippen LogP contribution in [0.4, 0.5) is 5.69 Å². The number of nitro benzene ring substituents is 1. The van der Waals surface area contributed by atoms with Crippen LogP contribution in [0.5, 0.6) is 0 Å². The molecule has 2 rings (SSSR count). The third kappa shape index (κ3) is 3.46. The Balaban J connectivity index is 2.12. The highest BCUT2D eigenvalue weighted by atomic mass is 16.6. The molecule has 110 valence electrons. The van der Waals surface area contributed by atoms with Crippen molar-refractivity contribution < 1.29 is 9.72 Å². The molecule has 6 nitrogen and oxygen atoms in total. The van der Waals surface area contributed by atoms with Crippen molar-refractivity contribution in [3.8, 4) is 6.07 Å². The zero-order chi connectivity index (χ0) is 16.1. The normalized spacial score (nSPS) is 9.82. The number of hydrogen-bond donors (Lipinski definition) is 0. The molecule has 2 aromatic rings. The van der Waals surface area contributed by atoms with Crippen LogP contribution in [0, 0.1) is 21.4 Å². The first-order chi connectivity index (χ1) is 10.5. The minimum Gasteiger partial charge on any atom is -0.337 e. The molecular weight excluding hydrogens is 282 g/mol. The lowest BCUT2D eigenvalue weighted by atomic mass is 10.1. The molecule has 0 aliphatic heterocycles. The molecule has 0 aromatic heterocycles. The maximum Gasteiger partial charge on any atom is 0.269 e. The lowest BCUT2D eigenvalue weighted by Gasteiger charge is -2.17. The Kier molecular flexibility index (Phi) is 4.49. The van der Waals surface area contributed by atoms with Gasteiger partial charge in [-0.2, -0.15) is 5.26 Å². The van der Waals surface area contributed by atoms with E-state index in [2.05, 4.69) is 0 Å². The molecule has 0 heterocycles. The Morgan fingerprint density at radius 2 is 1.95 bits per heavy atom. The molecule has 22 heavy (non-hydrogen) atoms. The number of nitriles is 1. The first kappa shape index (κ1) is 15.2. The van der Waals surface area contributed by atoms with E-state index >= 15 is 0 Å². The van der Waals surface area contributed by atoms with Crippen molar-refractivity contribution in [1.29, 1.82) is 5.26 Å². The Hall–Kier alpha value is -3.20. The van der Waals surface area contributed by atoms with Crippen LogP contribution < -0.4 is 0 Å². The summed E-state index contributed by atoms with van der Waals surface area (Å²) in [5, 5.41) is 19.5. The third-order valence-corrected chi connectivity index (χ3v) is 3.15. The van der Waals surface area contributed by atoms with Crippen molar-refractivity contribution in [3.63, 3.8) is 0 Å². The van der Waals surface area contributed by atoms with Crippen LogP contribution in [-0.2, 0) is 6.54 Å². The minimum atomic E-state index is -0.466. The van der Waals surface area contributed by atoms with Gasteiger partial charge >= 0.3 is 0 Å². The average molecular weight is 295 g/mol. The van der Waals surface area contributed by atoms with E-state index in [0.29, 0.717) is 16.7 Å². The van der Waals surface area contributed by atoms with E-state index in [0.717, 1.165) is 0 Å². The molecule has 0 saturated heterocycles. The van der Waals surface area contributed by atoms with E-state index in [1.165, 1.54) is 17.0 Å². The van der Waals surface area contributed by atoms with Gasteiger partial charge < -0.3 is 4.90 Å². The SMILES string of the molecule is CN(Cc1cccc([N+](=O)[O-])c1)C(=O)c1ccc(C#N)cc1. The molecule has 0 aliphatic carbocycles. The van der Waals surface area contributed by atoms with E-state index < -0.39 is 4.92 Å². The number of carbonyl (C=O) groups excluding carboxylic acids is 1. The molecule has 0 saturated carbocycles. The summed E-state index contributed by atoms with van der Waals surface area (Å²) in [7, 11) is 1.62. The van der Waals surface area contributed by atoms with Gasteiger partial charge in [-0.25, -0.2) is 0 Å². The van der Waals surface area contributed by atoms with Gasteiger partial charge in [0.1, 0.15) is 0 Å². The quantitative estimate of drug-likeness (QED) is 0.641. The van der Waals surface area contributed by atoms with Crippen molar-refractivity contribution >= 4 is 11.6 Å². The smallest absolute Gasteiger partial charge is 0.269 e. The molecule has 1 amide bonds. The number of non-ortho nitro benzene ring substituents is 1. The van der Waals surface area contributed by atoms with Crippen molar-refractivity contribution in [1.82, 2.24) is 4.90 Å². The summed E-state index contributed by atoms with van der Waals surface area (Å²) in [6, 6.07) is 14.5. The minimum absolute atomic E-state index is 0.00304. The largest absolute Gasteiger partial charge is 0.337 e. The highest BCUT2D eigenvalue weighted by Gasteiger charge is 2.13. The third-order valence-electron chi connectivity index (χ3n) is 3.15. The summed E-state index contributed by atoms with van der Waals surface area (Å²) < 4.78 is 0. The molecule has 0 fully saturated rings. The van der Waals surface area contributed by atoms with Crippen LogP contribution in [0.3, 0.4) is 0 Å². The molecule has 6 heteroatoms. The lowest BCUT2D eigenvalue weighted by molar-refractivity contribution is -0.384. The molecule has 0 aliphatic rings. The van der Waals surface area contributed by atoms with Crippen LogP contribution in [0.2, 0.25) is 0 Å². The lowest BCUT2D eigenvalue weighted by Crippen LogP contribution is -2.26. The van der Waals surface area contributed by atoms with Gasteiger partial charge in [0, 0.05) is 31.3 Å². The number of amides is 1. The number of rotatable bonds is 4. The second kappa shape index (κ2) is 6.50. The molecule has 2 aromatic carbocycles. The van der Waals surface area contributed by atoms with Crippen LogP contribution in [-0.4, -0.2) is 22.8 Å². The predicted molar refractivity (Wildman–Crippen MR) is 80.1 cm³/mol. The Labute approximate surface area is 127 Å². The molecule has 0 spiro atoms. The number of hydrogen-bond acceptors (Lipinski definition) is 4. The number of nitrogens with zero attached hydrogens (tertiary/aromatic N) is 3. The van der Waals surface area contributed by atoms with Crippen molar-refractivity contribution in [3.05, 3.63) is 75.3 Å². The summed E-state index contributed by atoms with van der Waals surface area (Å²) in [6.45, 7) is 0.264. The van der Waals surface area contributed by atoms with Crippen molar-refractivity contribution in [2.24, 2.45) is 0 Å². The van der Waals surface area contributed by atoms with Crippen LogP contribution >= 0.6 is 0 Å². The highest BCUT2D eigenvalue weighted by Crippen LogP contribution is 2.15. The summed E-state index contributed by atoms with van der Waals surface area (Å²) in [4.78, 5) is 24.0. The zero-order valence-corrected chi connectivity index (χ0v) is 11.9. The molecule has 0 radical (unpaired) electrons. The summed E-state index contributed by atoms with van der Waals surface area (Å²) in [6.07, 6.45) is 0. The van der Waals surface area contributed by atoms with Crippen LogP contribution in [0.1, 0.15) is 21.5 Å². The first-order valence-corrected chi connectivity index (χ1v) is 6.50. The van der Waals surface area contributed by atoms with E-state index in [1.54, 1.807) is 43.4 Å². The summed E-state index contributed by atoms with van der Waals surface area (Å²) >= 11 is 0. The fraction of sp³-hybridized carbons (Fsp3) is 0.125. The van der Waals surface area contributed by atoms with Crippen molar-refractivity contribution in [2.45, 2.75) is 6.54 Å². The maximum absolute atomic E-state index is 12.3. The highest BCUT2D eigenvalue weighted by molar-refractivity contribution is 5.94. The fourth-order valence-electron chi connectivity index (χ4n) is 2.02. The Morgan fingerprint density at radius 1 is 1.27 bits per heavy atom. The zero-order valence-electron chi connectivity index (χ0n) is 11.9. The number of carbonyl (C=O) groups is 1. The fourth-order valence-corrected chi connectivity index (χ4v) is 2.02. The van der Waals surface area contributed by atoms with Gasteiger partial charge in [0.2, 0.25) is 0 Å². The standard InChI is InChI=1S/C16H13N3O3/c1-18(11-13-3-2-4-15(9-13)19(21)22)16(20)14-7-5-12(10-17)6-8-14/h2-9H,11H2,1H3. The first-order valence-electron chi connectivity index (χ1n) is 6.50. The van der Waals surface area contributed by atoms with E-state index in [1.807, 2.05) is 6.07 Å². The number of benzene rings is 2. The molecule has 0 N–H and O–H groups in total. The van der Waals surface area contributed by atoms with E-state index in [-0.39, 0.29) is 18.1 Å². The molecule has 0 unspecified atom stereocenters. The summed E-state index contributed by atoms with van der Waals surface area (Å²) in [5.41, 5.74) is 1.63. The molecule has 0 bridgehead atoms. The molecule has 0 atom stereocenters. The predicted octanol–water partition coefficient (Wildman–Crippen LogP) is 2.74. The van der Waals surface area contributed by atoms with Gasteiger partial charge in [0.05, 0.1) is 16.6 Å². The Bertz CT molecular complexity index is 748. The van der Waals surface area contributed by atoms with Gasteiger partial charge in [0.15, 0.2) is 0 Å². The molecular formula is C16H13N3O3. The number of nitro groups is 1. The second-order valence-corrected chi connectivity index (χ2v) is 4.78. The van der Waals surface area contributed by atoms with E-state index in [4.69, 9.17) is 5.26 Å². The van der Waals surface area contributed by atoms with Crippen molar-refractivity contribution in [2.75, 3.05) is 7.05 Å². The topological polar surface area (TPSA) is 87.2 Å². The second-order valence-electron chi connectivity index (χ2n) is 4.78. The Morgan fingerprint density at radius 3 is 2.55 bits per heavy atom. The van der Waals surface area contributed by atoms with Gasteiger partial charge in [-0.05, 0) is 29.8 Å². The maximum atomic E-state index is 12.3. The van der Waals surface area contributed by atoms with Crippen LogP contribution in [0.15, 0.2) is 48.5 Å². The van der Waals surface area contributed by atoms with Gasteiger partial charge in [0.25, 0.3) is 11.6 Å². The van der Waals surface area contributed by atoms with Gasteiger partial charge in [-0.3, -0.25) is 14.9 Å². The van der Waals surface area contributed by atoms with Gasteiger partial charge in [-0.15, -0.1) is 0 Å².